The summed E-state index contributed by atoms with van der Waals surface area (Å²) in [5.41, 5.74) is 1.62. The van der Waals surface area contributed by atoms with E-state index in [1.54, 1.807) is 11.8 Å². The van der Waals surface area contributed by atoms with E-state index in [1.807, 2.05) is 34.0 Å². The first kappa shape index (κ1) is 13.2. The number of methoxy groups -OCH3 is 1. The number of aromatic nitrogens is 2. The van der Waals surface area contributed by atoms with Crippen molar-refractivity contribution in [2.24, 2.45) is 7.05 Å². The minimum Gasteiger partial charge on any atom is -0.388 e. The van der Waals surface area contributed by atoms with E-state index in [0.29, 0.717) is 6.42 Å². The molecule has 1 unspecified atom stereocenters. The van der Waals surface area contributed by atoms with E-state index in [1.165, 1.54) is 0 Å². The van der Waals surface area contributed by atoms with Crippen molar-refractivity contribution in [1.82, 2.24) is 9.78 Å². The van der Waals surface area contributed by atoms with Crippen molar-refractivity contribution >= 4 is 0 Å². The SMILES string of the molecule is COC(C)(C)CCC(O)c1cn(C)nc1C. The van der Waals surface area contributed by atoms with Crippen LogP contribution in [0.1, 0.15) is 44.1 Å². The van der Waals surface area contributed by atoms with Crippen molar-refractivity contribution < 1.29 is 9.84 Å². The van der Waals surface area contributed by atoms with Gasteiger partial charge in [0.1, 0.15) is 0 Å². The Kier molecular flexibility index (Phi) is 4.10. The van der Waals surface area contributed by atoms with Crippen LogP contribution in [0.3, 0.4) is 0 Å². The summed E-state index contributed by atoms with van der Waals surface area (Å²) < 4.78 is 7.06. The molecular formula is C12H22N2O2. The molecule has 0 fully saturated rings. The van der Waals surface area contributed by atoms with Gasteiger partial charge in [-0.1, -0.05) is 0 Å². The molecule has 1 aromatic heterocycles. The Morgan fingerprint density at radius 2 is 2.19 bits per heavy atom. The Labute approximate surface area is 97.2 Å². The summed E-state index contributed by atoms with van der Waals surface area (Å²) in [6.07, 6.45) is 2.93. The molecule has 0 spiro atoms. The lowest BCUT2D eigenvalue weighted by Crippen LogP contribution is -2.23. The normalized spacial score (nSPS) is 14.1. The highest BCUT2D eigenvalue weighted by molar-refractivity contribution is 5.18. The Balaban J connectivity index is 2.59. The number of nitrogens with zero attached hydrogens (tertiary/aromatic N) is 2. The number of hydrogen-bond acceptors (Lipinski definition) is 3. The number of hydrogen-bond donors (Lipinski definition) is 1. The fraction of sp³-hybridized carbons (Fsp3) is 0.750. The molecule has 4 nitrogen and oxygen atoms in total. The van der Waals surface area contributed by atoms with Crippen molar-refractivity contribution in [2.45, 2.75) is 45.3 Å². The van der Waals surface area contributed by atoms with Gasteiger partial charge in [0.2, 0.25) is 0 Å². The van der Waals surface area contributed by atoms with Gasteiger partial charge in [-0.2, -0.15) is 5.10 Å². The van der Waals surface area contributed by atoms with E-state index in [-0.39, 0.29) is 5.60 Å². The van der Waals surface area contributed by atoms with Gasteiger partial charge in [-0.3, -0.25) is 4.68 Å². The Hall–Kier alpha value is -0.870. The molecule has 0 bridgehead atoms. The van der Waals surface area contributed by atoms with Crippen molar-refractivity contribution in [3.8, 4) is 0 Å². The Morgan fingerprint density at radius 3 is 2.62 bits per heavy atom. The number of rotatable bonds is 5. The highest BCUT2D eigenvalue weighted by Gasteiger charge is 2.20. The molecule has 92 valence electrons. The van der Waals surface area contributed by atoms with Crippen LogP contribution in [-0.2, 0) is 11.8 Å². The molecule has 1 aromatic rings. The van der Waals surface area contributed by atoms with Crippen LogP contribution in [0, 0.1) is 6.92 Å². The molecule has 1 atom stereocenters. The predicted octanol–water partition coefficient (Wildman–Crippen LogP) is 1.97. The van der Waals surface area contributed by atoms with Crippen molar-refractivity contribution in [2.75, 3.05) is 7.11 Å². The number of ether oxygens (including phenoxy) is 1. The number of aryl methyl sites for hydroxylation is 2. The Morgan fingerprint density at radius 1 is 1.56 bits per heavy atom. The van der Waals surface area contributed by atoms with Crippen LogP contribution in [0.15, 0.2) is 6.20 Å². The molecule has 4 heteroatoms. The molecule has 0 aliphatic heterocycles. The van der Waals surface area contributed by atoms with E-state index in [0.717, 1.165) is 17.7 Å². The van der Waals surface area contributed by atoms with Gasteiger partial charge in [-0.15, -0.1) is 0 Å². The van der Waals surface area contributed by atoms with Gasteiger partial charge in [-0.05, 0) is 33.6 Å². The van der Waals surface area contributed by atoms with Crippen LogP contribution < -0.4 is 0 Å². The second-order valence-corrected chi connectivity index (χ2v) is 4.86. The van der Waals surface area contributed by atoms with Crippen LogP contribution in [-0.4, -0.2) is 27.6 Å². The van der Waals surface area contributed by atoms with Gasteiger partial charge in [0, 0.05) is 25.9 Å². The minimum atomic E-state index is -0.455. The average molecular weight is 226 g/mol. The van der Waals surface area contributed by atoms with Crippen molar-refractivity contribution in [3.63, 3.8) is 0 Å². The summed E-state index contributed by atoms with van der Waals surface area (Å²) in [5.74, 6) is 0. The molecule has 1 heterocycles. The summed E-state index contributed by atoms with van der Waals surface area (Å²) in [6, 6.07) is 0. The van der Waals surface area contributed by atoms with Gasteiger partial charge < -0.3 is 9.84 Å². The first-order valence-corrected chi connectivity index (χ1v) is 5.59. The molecule has 0 saturated heterocycles. The lowest BCUT2D eigenvalue weighted by molar-refractivity contribution is 0.00273. The summed E-state index contributed by atoms with van der Waals surface area (Å²) in [6.45, 7) is 5.96. The van der Waals surface area contributed by atoms with E-state index in [4.69, 9.17) is 4.74 Å². The largest absolute Gasteiger partial charge is 0.388 e. The molecule has 0 saturated carbocycles. The zero-order valence-electron chi connectivity index (χ0n) is 10.8. The standard InChI is InChI=1S/C12H22N2O2/c1-9-10(8-14(4)13-9)11(15)6-7-12(2,3)16-5/h8,11,15H,6-7H2,1-5H3. The maximum Gasteiger partial charge on any atom is 0.0824 e. The topological polar surface area (TPSA) is 47.3 Å². The summed E-state index contributed by atoms with van der Waals surface area (Å²) in [4.78, 5) is 0. The maximum absolute atomic E-state index is 10.1. The van der Waals surface area contributed by atoms with Crippen molar-refractivity contribution in [3.05, 3.63) is 17.5 Å². The third-order valence-electron chi connectivity index (χ3n) is 2.98. The second-order valence-electron chi connectivity index (χ2n) is 4.86. The van der Waals surface area contributed by atoms with Gasteiger partial charge in [0.25, 0.3) is 0 Å². The van der Waals surface area contributed by atoms with Crippen LogP contribution in [0.4, 0.5) is 0 Å². The molecule has 1 N–H and O–H groups in total. The summed E-state index contributed by atoms with van der Waals surface area (Å²) in [7, 11) is 3.56. The quantitative estimate of drug-likeness (QED) is 0.835. The zero-order chi connectivity index (χ0) is 12.3. The van der Waals surface area contributed by atoms with Gasteiger partial charge in [0.15, 0.2) is 0 Å². The van der Waals surface area contributed by atoms with Crippen LogP contribution >= 0.6 is 0 Å². The van der Waals surface area contributed by atoms with Gasteiger partial charge in [-0.25, -0.2) is 0 Å². The predicted molar refractivity (Wildman–Crippen MR) is 63.2 cm³/mol. The first-order valence-electron chi connectivity index (χ1n) is 5.59. The molecule has 16 heavy (non-hydrogen) atoms. The third kappa shape index (κ3) is 3.32. The van der Waals surface area contributed by atoms with Gasteiger partial charge >= 0.3 is 0 Å². The third-order valence-corrected chi connectivity index (χ3v) is 2.98. The molecule has 0 aromatic carbocycles. The summed E-state index contributed by atoms with van der Waals surface area (Å²) >= 11 is 0. The van der Waals surface area contributed by atoms with E-state index >= 15 is 0 Å². The lowest BCUT2D eigenvalue weighted by atomic mass is 9.97. The van der Waals surface area contributed by atoms with E-state index in [2.05, 4.69) is 5.10 Å². The van der Waals surface area contributed by atoms with Crippen LogP contribution in [0.5, 0.6) is 0 Å². The number of aliphatic hydroxyl groups is 1. The monoisotopic (exact) mass is 226 g/mol. The zero-order valence-corrected chi connectivity index (χ0v) is 10.8. The van der Waals surface area contributed by atoms with Crippen LogP contribution in [0.2, 0.25) is 0 Å². The molecule has 0 aliphatic carbocycles. The fourth-order valence-corrected chi connectivity index (χ4v) is 1.69. The van der Waals surface area contributed by atoms with Crippen LogP contribution in [0.25, 0.3) is 0 Å². The smallest absolute Gasteiger partial charge is 0.0824 e. The molecule has 1 rings (SSSR count). The first-order chi connectivity index (χ1) is 7.35. The molecule has 0 radical (unpaired) electrons. The van der Waals surface area contributed by atoms with E-state index < -0.39 is 6.10 Å². The Bertz CT molecular complexity index is 345. The highest BCUT2D eigenvalue weighted by atomic mass is 16.5. The maximum atomic E-state index is 10.1. The van der Waals surface area contributed by atoms with Crippen molar-refractivity contribution in [1.29, 1.82) is 0 Å². The second kappa shape index (κ2) is 4.97. The average Bonchev–Trinajstić information content (AvgIpc) is 2.54. The highest BCUT2D eigenvalue weighted by Crippen LogP contribution is 2.25. The number of aliphatic hydroxyl groups excluding tert-OH is 1. The fourth-order valence-electron chi connectivity index (χ4n) is 1.69. The minimum absolute atomic E-state index is 0.183. The molecule has 0 amide bonds. The molecule has 0 aliphatic rings. The summed E-state index contributed by atoms with van der Waals surface area (Å²) in [5, 5.41) is 14.3. The van der Waals surface area contributed by atoms with Gasteiger partial charge in [0.05, 0.1) is 17.4 Å². The van der Waals surface area contributed by atoms with E-state index in [9.17, 15) is 5.11 Å². The molecular weight excluding hydrogens is 204 g/mol. The lowest BCUT2D eigenvalue weighted by Gasteiger charge is -2.24.